The van der Waals surface area contributed by atoms with E-state index < -0.39 is 0 Å². The molecule has 7 heteroatoms. The average Bonchev–Trinajstić information content (AvgIpc) is 3.35. The summed E-state index contributed by atoms with van der Waals surface area (Å²) < 4.78 is 7.61. The number of guanidine groups is 1. The number of aromatic nitrogens is 2. The highest BCUT2D eigenvalue weighted by atomic mass is 127. The molecule has 6 nitrogen and oxygen atoms in total. The molecule has 1 aromatic heterocycles. The van der Waals surface area contributed by atoms with Crippen LogP contribution in [-0.4, -0.2) is 60.5 Å². The van der Waals surface area contributed by atoms with Crippen LogP contribution < -0.4 is 5.32 Å². The molecule has 1 heterocycles. The summed E-state index contributed by atoms with van der Waals surface area (Å²) in [6, 6.07) is 10.4. The van der Waals surface area contributed by atoms with E-state index in [0.29, 0.717) is 0 Å². The normalized spacial score (nSPS) is 13.9. The first-order valence-electron chi connectivity index (χ1n) is 9.92. The van der Waals surface area contributed by atoms with Gasteiger partial charge < -0.3 is 15.0 Å². The Morgan fingerprint density at radius 3 is 2.75 bits per heavy atom. The minimum absolute atomic E-state index is 0. The molecule has 0 saturated heterocycles. The molecule has 0 bridgehead atoms. The summed E-state index contributed by atoms with van der Waals surface area (Å²) in [4.78, 5) is 6.92. The van der Waals surface area contributed by atoms with Crippen LogP contribution in [0.25, 0.3) is 5.69 Å². The van der Waals surface area contributed by atoms with Crippen LogP contribution in [0.2, 0.25) is 0 Å². The second-order valence-corrected chi connectivity index (χ2v) is 7.04. The Morgan fingerprint density at radius 1 is 1.32 bits per heavy atom. The van der Waals surface area contributed by atoms with Crippen LogP contribution in [-0.2, 0) is 11.2 Å². The maximum Gasteiger partial charge on any atom is 0.193 e. The molecule has 0 atom stereocenters. The molecule has 0 radical (unpaired) electrons. The fourth-order valence-corrected chi connectivity index (χ4v) is 2.84. The zero-order valence-electron chi connectivity index (χ0n) is 16.9. The van der Waals surface area contributed by atoms with E-state index in [2.05, 4.69) is 53.6 Å². The zero-order valence-corrected chi connectivity index (χ0v) is 19.2. The average molecular weight is 497 g/mol. The molecule has 1 aromatic carbocycles. The second kappa shape index (κ2) is 12.1. The topological polar surface area (TPSA) is 54.7 Å². The molecule has 0 unspecified atom stereocenters. The molecule has 0 spiro atoms. The van der Waals surface area contributed by atoms with Crippen molar-refractivity contribution in [1.29, 1.82) is 0 Å². The number of nitrogens with one attached hydrogen (secondary N) is 1. The highest BCUT2D eigenvalue weighted by Crippen LogP contribution is 2.28. The van der Waals surface area contributed by atoms with Crippen molar-refractivity contribution in [3.63, 3.8) is 0 Å². The number of nitrogens with zero attached hydrogens (tertiary/aromatic N) is 4. The maximum atomic E-state index is 5.74. The van der Waals surface area contributed by atoms with E-state index in [1.807, 2.05) is 16.9 Å². The molecule has 1 aliphatic rings. The summed E-state index contributed by atoms with van der Waals surface area (Å²) in [5, 5.41) is 7.62. The highest BCUT2D eigenvalue weighted by Gasteiger charge is 2.21. The van der Waals surface area contributed by atoms with Crippen LogP contribution in [0.15, 0.2) is 47.7 Å². The molecular weight excluding hydrogens is 465 g/mol. The number of halogens is 1. The molecule has 28 heavy (non-hydrogen) atoms. The first-order chi connectivity index (χ1) is 13.3. The van der Waals surface area contributed by atoms with Crippen LogP contribution in [0.5, 0.6) is 0 Å². The van der Waals surface area contributed by atoms with E-state index in [1.54, 1.807) is 6.20 Å². The molecule has 1 saturated carbocycles. The second-order valence-electron chi connectivity index (χ2n) is 7.04. The molecule has 3 rings (SSSR count). The van der Waals surface area contributed by atoms with E-state index in [0.717, 1.165) is 56.8 Å². The molecule has 0 amide bonds. The van der Waals surface area contributed by atoms with Crippen LogP contribution in [0.3, 0.4) is 0 Å². The molecule has 154 valence electrons. The Hall–Kier alpha value is -1.61. The van der Waals surface area contributed by atoms with Gasteiger partial charge in [0.05, 0.1) is 12.3 Å². The van der Waals surface area contributed by atoms with E-state index in [-0.39, 0.29) is 24.0 Å². The largest absolute Gasteiger partial charge is 0.379 e. The molecule has 0 aliphatic heterocycles. The number of ether oxygens (including phenoxy) is 1. The van der Waals surface area contributed by atoms with Crippen molar-refractivity contribution in [2.75, 3.05) is 39.9 Å². The van der Waals surface area contributed by atoms with Gasteiger partial charge in [0, 0.05) is 45.7 Å². The van der Waals surface area contributed by atoms with Gasteiger partial charge in [0.15, 0.2) is 5.96 Å². The fourth-order valence-electron chi connectivity index (χ4n) is 2.84. The van der Waals surface area contributed by atoms with Gasteiger partial charge in [-0.2, -0.15) is 5.10 Å². The van der Waals surface area contributed by atoms with Crippen LogP contribution in [0, 0.1) is 5.92 Å². The first kappa shape index (κ1) is 22.7. The van der Waals surface area contributed by atoms with Gasteiger partial charge in [-0.15, -0.1) is 24.0 Å². The number of hydrogen-bond donors (Lipinski definition) is 1. The predicted molar refractivity (Wildman–Crippen MR) is 125 cm³/mol. The lowest BCUT2D eigenvalue weighted by atomic mass is 10.1. The molecular formula is C21H32IN5O. The summed E-state index contributed by atoms with van der Waals surface area (Å²) in [6.07, 6.45) is 7.33. The van der Waals surface area contributed by atoms with Crippen molar-refractivity contribution in [2.24, 2.45) is 10.9 Å². The third-order valence-electron chi connectivity index (χ3n) is 4.69. The summed E-state index contributed by atoms with van der Waals surface area (Å²) in [6.45, 7) is 6.25. The van der Waals surface area contributed by atoms with Crippen LogP contribution in [0.1, 0.15) is 25.3 Å². The zero-order chi connectivity index (χ0) is 18.9. The lowest BCUT2D eigenvalue weighted by molar-refractivity contribution is 0.115. The lowest BCUT2D eigenvalue weighted by Gasteiger charge is -2.22. The number of rotatable bonds is 10. The van der Waals surface area contributed by atoms with E-state index >= 15 is 0 Å². The SMILES string of the molecule is CCNC(=NCCc1ccc(-n2cccn2)cc1)N(C)CCOCC1CC1.I. The minimum Gasteiger partial charge on any atom is -0.379 e. The maximum absolute atomic E-state index is 5.74. The van der Waals surface area contributed by atoms with E-state index in [4.69, 9.17) is 9.73 Å². The van der Waals surface area contributed by atoms with Crippen molar-refractivity contribution in [1.82, 2.24) is 20.0 Å². The molecule has 1 N–H and O–H groups in total. The van der Waals surface area contributed by atoms with E-state index in [9.17, 15) is 0 Å². The predicted octanol–water partition coefficient (Wildman–Crippen LogP) is 3.36. The van der Waals surface area contributed by atoms with Crippen molar-refractivity contribution >= 4 is 29.9 Å². The highest BCUT2D eigenvalue weighted by molar-refractivity contribution is 14.0. The van der Waals surface area contributed by atoms with Gasteiger partial charge in [0.25, 0.3) is 0 Å². The van der Waals surface area contributed by atoms with Crippen LogP contribution in [0.4, 0.5) is 0 Å². The van der Waals surface area contributed by atoms with Gasteiger partial charge in [0.2, 0.25) is 0 Å². The number of hydrogen-bond acceptors (Lipinski definition) is 3. The van der Waals surface area contributed by atoms with Crippen LogP contribution >= 0.6 is 24.0 Å². The van der Waals surface area contributed by atoms with Gasteiger partial charge >= 0.3 is 0 Å². The number of likely N-dealkylation sites (N-methyl/N-ethyl adjacent to an activating group) is 1. The Morgan fingerprint density at radius 2 is 2.11 bits per heavy atom. The molecule has 2 aromatic rings. The van der Waals surface area contributed by atoms with E-state index in [1.165, 1.54) is 18.4 Å². The molecule has 1 fully saturated rings. The Labute approximate surface area is 185 Å². The van der Waals surface area contributed by atoms with Crippen molar-refractivity contribution in [3.05, 3.63) is 48.3 Å². The van der Waals surface area contributed by atoms with Crippen molar-refractivity contribution in [3.8, 4) is 5.69 Å². The third-order valence-corrected chi connectivity index (χ3v) is 4.69. The van der Waals surface area contributed by atoms with Crippen molar-refractivity contribution in [2.45, 2.75) is 26.2 Å². The van der Waals surface area contributed by atoms with Gasteiger partial charge in [-0.25, -0.2) is 4.68 Å². The van der Waals surface area contributed by atoms with Gasteiger partial charge in [-0.3, -0.25) is 4.99 Å². The van der Waals surface area contributed by atoms with Crippen molar-refractivity contribution < 1.29 is 4.74 Å². The minimum atomic E-state index is 0. The van der Waals surface area contributed by atoms with Gasteiger partial charge in [-0.1, -0.05) is 12.1 Å². The summed E-state index contributed by atoms with van der Waals surface area (Å²) in [5.74, 6) is 1.76. The third kappa shape index (κ3) is 7.43. The summed E-state index contributed by atoms with van der Waals surface area (Å²) in [7, 11) is 2.07. The van der Waals surface area contributed by atoms with Gasteiger partial charge in [-0.05, 0) is 55.9 Å². The molecule has 1 aliphatic carbocycles. The monoisotopic (exact) mass is 497 g/mol. The lowest BCUT2D eigenvalue weighted by Crippen LogP contribution is -2.40. The first-order valence-corrected chi connectivity index (χ1v) is 9.92. The number of benzene rings is 1. The summed E-state index contributed by atoms with van der Waals surface area (Å²) >= 11 is 0. The van der Waals surface area contributed by atoms with Gasteiger partial charge in [0.1, 0.15) is 0 Å². The fraction of sp³-hybridized carbons (Fsp3) is 0.524. The number of aliphatic imine (C=N–C) groups is 1. The Balaban J connectivity index is 0.00000280. The standard InChI is InChI=1S/C21H31N5O.HI/c1-3-22-21(25(2)15-16-27-17-19-5-6-19)23-13-11-18-7-9-20(10-8-18)26-14-4-12-24-26;/h4,7-10,12,14,19H,3,5-6,11,13,15-17H2,1-2H3,(H,22,23);1H. The Bertz CT molecular complexity index is 698. The summed E-state index contributed by atoms with van der Waals surface area (Å²) in [5.41, 5.74) is 2.35. The Kier molecular flexibility index (Phi) is 9.77. The quantitative estimate of drug-likeness (QED) is 0.237. The smallest absolute Gasteiger partial charge is 0.193 e.